The molecule has 0 bridgehead atoms. The summed E-state index contributed by atoms with van der Waals surface area (Å²) < 4.78 is 10.3. The molecule has 3 heterocycles. The predicted octanol–water partition coefficient (Wildman–Crippen LogP) is 0.979. The lowest BCUT2D eigenvalue weighted by atomic mass is 10.2. The van der Waals surface area contributed by atoms with Crippen LogP contribution in [0, 0.1) is 0 Å². The minimum Gasteiger partial charge on any atom is -0.467 e. The Labute approximate surface area is 156 Å². The quantitative estimate of drug-likeness (QED) is 0.665. The van der Waals surface area contributed by atoms with Crippen LogP contribution in [0.3, 0.4) is 0 Å². The largest absolute Gasteiger partial charge is 0.467 e. The summed E-state index contributed by atoms with van der Waals surface area (Å²) in [5, 5.41) is 7.61. The smallest absolute Gasteiger partial charge is 0.321 e. The predicted molar refractivity (Wildman–Crippen MR) is 94.2 cm³/mol. The van der Waals surface area contributed by atoms with Gasteiger partial charge in [0, 0.05) is 0 Å². The molecule has 1 unspecified atom stereocenters. The second-order valence-corrected chi connectivity index (χ2v) is 6.24. The topological polar surface area (TPSA) is 117 Å². The molecule has 9 nitrogen and oxygen atoms in total. The van der Waals surface area contributed by atoms with Crippen molar-refractivity contribution in [2.45, 2.75) is 32.0 Å². The minimum atomic E-state index is -0.602. The monoisotopic (exact) mass is 374 g/mol. The van der Waals surface area contributed by atoms with Gasteiger partial charge in [-0.25, -0.2) is 4.79 Å². The zero-order valence-corrected chi connectivity index (χ0v) is 14.8. The second-order valence-electron chi connectivity index (χ2n) is 6.24. The van der Waals surface area contributed by atoms with E-state index in [1.807, 2.05) is 0 Å². The van der Waals surface area contributed by atoms with Crippen molar-refractivity contribution in [2.24, 2.45) is 0 Å². The number of hydrogen-bond donors (Lipinski definition) is 3. The van der Waals surface area contributed by atoms with Crippen LogP contribution < -0.4 is 16.0 Å². The van der Waals surface area contributed by atoms with E-state index in [4.69, 9.17) is 8.83 Å². The Morgan fingerprint density at radius 2 is 1.70 bits per heavy atom. The zero-order valence-electron chi connectivity index (χ0n) is 14.8. The average molecular weight is 374 g/mol. The molecule has 1 aliphatic heterocycles. The molecule has 1 fully saturated rings. The summed E-state index contributed by atoms with van der Waals surface area (Å²) >= 11 is 0. The summed E-state index contributed by atoms with van der Waals surface area (Å²) in [6, 6.07) is 5.97. The van der Waals surface area contributed by atoms with Crippen LogP contribution in [0.1, 0.15) is 24.4 Å². The minimum absolute atomic E-state index is 0.0208. The average Bonchev–Trinajstić information content (AvgIpc) is 3.39. The summed E-state index contributed by atoms with van der Waals surface area (Å²) in [5.41, 5.74) is 0. The maximum atomic E-state index is 12.4. The summed E-state index contributed by atoms with van der Waals surface area (Å²) in [6.45, 7) is 1.10. The van der Waals surface area contributed by atoms with Crippen LogP contribution in [0.2, 0.25) is 0 Å². The molecular weight excluding hydrogens is 352 g/mol. The highest BCUT2D eigenvalue weighted by molar-refractivity contribution is 5.95. The van der Waals surface area contributed by atoms with E-state index in [2.05, 4.69) is 16.0 Å². The van der Waals surface area contributed by atoms with Crippen LogP contribution in [0.5, 0.6) is 0 Å². The summed E-state index contributed by atoms with van der Waals surface area (Å²) in [5.74, 6) is 0.640. The fraction of sp³-hybridized carbons (Fsp3) is 0.389. The lowest BCUT2D eigenvalue weighted by Gasteiger charge is -2.22. The first-order valence-corrected chi connectivity index (χ1v) is 8.76. The lowest BCUT2D eigenvalue weighted by molar-refractivity contribution is -0.127. The Morgan fingerprint density at radius 1 is 1.04 bits per heavy atom. The molecular formula is C18H22N4O5. The number of rotatable bonds is 7. The third-order valence-electron chi connectivity index (χ3n) is 4.29. The first kappa shape index (κ1) is 18.7. The number of hydrogen-bond acceptors (Lipinski definition) is 6. The first-order valence-electron chi connectivity index (χ1n) is 8.76. The van der Waals surface area contributed by atoms with Crippen molar-refractivity contribution in [3.63, 3.8) is 0 Å². The van der Waals surface area contributed by atoms with Crippen molar-refractivity contribution in [1.29, 1.82) is 0 Å². The molecule has 4 amide bonds. The lowest BCUT2D eigenvalue weighted by Crippen LogP contribution is -2.49. The summed E-state index contributed by atoms with van der Waals surface area (Å²) in [4.78, 5) is 38.0. The van der Waals surface area contributed by atoms with E-state index in [1.54, 1.807) is 35.4 Å². The number of nitrogens with one attached hydrogen (secondary N) is 3. The third-order valence-corrected chi connectivity index (χ3v) is 4.29. The molecule has 2 aromatic rings. The Bertz CT molecular complexity index is 757. The maximum absolute atomic E-state index is 12.4. The van der Waals surface area contributed by atoms with Crippen molar-refractivity contribution in [3.8, 4) is 0 Å². The van der Waals surface area contributed by atoms with Gasteiger partial charge in [-0.2, -0.15) is 0 Å². The highest BCUT2D eigenvalue weighted by Crippen LogP contribution is 2.17. The Morgan fingerprint density at radius 3 is 2.33 bits per heavy atom. The Kier molecular flexibility index (Phi) is 6.26. The SMILES string of the molecule is O=C(CN1CCCC1C(=O)NCc1ccco1)NC(=O)NCc1ccco1. The molecule has 3 N–H and O–H groups in total. The van der Waals surface area contributed by atoms with Gasteiger partial charge in [0.1, 0.15) is 11.5 Å². The van der Waals surface area contributed by atoms with Gasteiger partial charge in [0.15, 0.2) is 0 Å². The van der Waals surface area contributed by atoms with Gasteiger partial charge >= 0.3 is 6.03 Å². The molecule has 0 radical (unpaired) electrons. The van der Waals surface area contributed by atoms with Gasteiger partial charge < -0.3 is 19.5 Å². The molecule has 2 aromatic heterocycles. The van der Waals surface area contributed by atoms with Gasteiger partial charge in [0.2, 0.25) is 11.8 Å². The van der Waals surface area contributed by atoms with E-state index < -0.39 is 18.0 Å². The number of urea groups is 1. The van der Waals surface area contributed by atoms with Gasteiger partial charge in [-0.05, 0) is 43.7 Å². The fourth-order valence-corrected chi connectivity index (χ4v) is 2.99. The van der Waals surface area contributed by atoms with Crippen LogP contribution in [0.4, 0.5) is 4.79 Å². The summed E-state index contributed by atoms with van der Waals surface area (Å²) in [7, 11) is 0. The Hall–Kier alpha value is -3.07. The highest BCUT2D eigenvalue weighted by atomic mass is 16.3. The van der Waals surface area contributed by atoms with Crippen LogP contribution in [0.25, 0.3) is 0 Å². The van der Waals surface area contributed by atoms with E-state index in [0.29, 0.717) is 31.0 Å². The number of nitrogens with zero attached hydrogens (tertiary/aromatic N) is 1. The molecule has 9 heteroatoms. The van der Waals surface area contributed by atoms with Crippen molar-refractivity contribution in [3.05, 3.63) is 48.3 Å². The molecule has 0 spiro atoms. The normalized spacial score (nSPS) is 16.8. The zero-order chi connectivity index (χ0) is 19.1. The van der Waals surface area contributed by atoms with E-state index in [9.17, 15) is 14.4 Å². The van der Waals surface area contributed by atoms with Crippen LogP contribution in [-0.2, 0) is 22.7 Å². The van der Waals surface area contributed by atoms with Crippen molar-refractivity contribution >= 4 is 17.8 Å². The van der Waals surface area contributed by atoms with Crippen molar-refractivity contribution < 1.29 is 23.2 Å². The van der Waals surface area contributed by atoms with Gasteiger partial charge in [0.25, 0.3) is 0 Å². The standard InChI is InChI=1S/C18H22N4O5/c23-16(21-18(25)20-11-14-5-3-9-27-14)12-22-7-1-6-15(22)17(24)19-10-13-4-2-8-26-13/h2-5,8-9,15H,1,6-7,10-12H2,(H,19,24)(H2,20,21,23,25). The maximum Gasteiger partial charge on any atom is 0.321 e. The molecule has 0 aromatic carbocycles. The number of amides is 4. The molecule has 1 saturated heterocycles. The van der Waals surface area contributed by atoms with Crippen LogP contribution in [-0.4, -0.2) is 41.9 Å². The van der Waals surface area contributed by atoms with E-state index >= 15 is 0 Å². The molecule has 1 atom stereocenters. The second kappa shape index (κ2) is 9.04. The van der Waals surface area contributed by atoms with Crippen LogP contribution in [0.15, 0.2) is 45.6 Å². The number of likely N-dealkylation sites (tertiary alicyclic amines) is 1. The number of carbonyl (C=O) groups excluding carboxylic acids is 3. The van der Waals surface area contributed by atoms with Crippen LogP contribution >= 0.6 is 0 Å². The third kappa shape index (κ3) is 5.45. The van der Waals surface area contributed by atoms with Gasteiger partial charge in [-0.15, -0.1) is 0 Å². The van der Waals surface area contributed by atoms with E-state index in [-0.39, 0.29) is 19.0 Å². The molecule has 3 rings (SSSR count). The number of carbonyl (C=O) groups is 3. The highest BCUT2D eigenvalue weighted by Gasteiger charge is 2.32. The van der Waals surface area contributed by atoms with Gasteiger partial charge in [0.05, 0.1) is 38.2 Å². The summed E-state index contributed by atoms with van der Waals surface area (Å²) in [6.07, 6.45) is 4.54. The Balaban J connectivity index is 1.41. The molecule has 1 aliphatic rings. The molecule has 27 heavy (non-hydrogen) atoms. The number of imide groups is 1. The van der Waals surface area contributed by atoms with Crippen molar-refractivity contribution in [1.82, 2.24) is 20.9 Å². The van der Waals surface area contributed by atoms with E-state index in [0.717, 1.165) is 6.42 Å². The molecule has 0 aliphatic carbocycles. The first-order chi connectivity index (χ1) is 13.1. The van der Waals surface area contributed by atoms with Gasteiger partial charge in [-0.1, -0.05) is 0 Å². The molecule has 144 valence electrons. The fourth-order valence-electron chi connectivity index (χ4n) is 2.99. The molecule has 0 saturated carbocycles. The van der Waals surface area contributed by atoms with Crippen molar-refractivity contribution in [2.75, 3.05) is 13.1 Å². The van der Waals surface area contributed by atoms with E-state index in [1.165, 1.54) is 6.26 Å². The number of furan rings is 2. The van der Waals surface area contributed by atoms with Gasteiger partial charge in [-0.3, -0.25) is 19.8 Å².